The first-order valence-corrected chi connectivity index (χ1v) is 6.38. The molecule has 0 spiro atoms. The van der Waals surface area contributed by atoms with Crippen molar-refractivity contribution in [3.05, 3.63) is 41.0 Å². The number of pyridine rings is 1. The molecular weight excluding hydrogens is 280 g/mol. The molecule has 5 heteroatoms. The van der Waals surface area contributed by atoms with Gasteiger partial charge in [-0.25, -0.2) is 9.97 Å². The van der Waals surface area contributed by atoms with Crippen LogP contribution in [0.5, 0.6) is 0 Å². The van der Waals surface area contributed by atoms with Gasteiger partial charge < -0.3 is 9.88 Å². The van der Waals surface area contributed by atoms with Gasteiger partial charge in [-0.2, -0.15) is 0 Å². The number of imidazole rings is 1. The number of aromatic nitrogens is 3. The van der Waals surface area contributed by atoms with Gasteiger partial charge in [0.2, 0.25) is 0 Å². The van der Waals surface area contributed by atoms with Crippen LogP contribution in [0.2, 0.25) is 0 Å². The van der Waals surface area contributed by atoms with Gasteiger partial charge in [-0.15, -0.1) is 0 Å². The van der Waals surface area contributed by atoms with Crippen molar-refractivity contribution in [2.45, 2.75) is 19.9 Å². The standard InChI is InChI=1S/C12H15BrN4/c1-10-14-6-8-17(10)7-2-5-15-12-4-3-11(13)9-16-12/h3-4,6,8-9H,2,5,7H2,1H3,(H,15,16). The monoisotopic (exact) mass is 294 g/mol. The minimum Gasteiger partial charge on any atom is -0.370 e. The zero-order chi connectivity index (χ0) is 12.1. The predicted octanol–water partition coefficient (Wildman–Crippen LogP) is 2.85. The maximum atomic E-state index is 4.25. The molecule has 90 valence electrons. The lowest BCUT2D eigenvalue weighted by molar-refractivity contribution is 0.642. The molecule has 0 aliphatic heterocycles. The molecule has 0 unspecified atom stereocenters. The normalized spacial score (nSPS) is 10.5. The van der Waals surface area contributed by atoms with Crippen molar-refractivity contribution >= 4 is 21.7 Å². The predicted molar refractivity (Wildman–Crippen MR) is 72.0 cm³/mol. The van der Waals surface area contributed by atoms with Crippen LogP contribution in [0.3, 0.4) is 0 Å². The molecule has 0 atom stereocenters. The summed E-state index contributed by atoms with van der Waals surface area (Å²) < 4.78 is 3.15. The topological polar surface area (TPSA) is 42.7 Å². The van der Waals surface area contributed by atoms with E-state index in [0.29, 0.717) is 0 Å². The maximum Gasteiger partial charge on any atom is 0.125 e. The van der Waals surface area contributed by atoms with Gasteiger partial charge in [-0.3, -0.25) is 0 Å². The molecule has 2 heterocycles. The Morgan fingerprint density at radius 2 is 2.24 bits per heavy atom. The fourth-order valence-electron chi connectivity index (χ4n) is 1.59. The highest BCUT2D eigenvalue weighted by Crippen LogP contribution is 2.10. The molecule has 0 aliphatic carbocycles. The quantitative estimate of drug-likeness (QED) is 0.863. The third-order valence-corrected chi connectivity index (χ3v) is 3.00. The van der Waals surface area contributed by atoms with Crippen LogP contribution in [0.1, 0.15) is 12.2 Å². The third kappa shape index (κ3) is 3.56. The summed E-state index contributed by atoms with van der Waals surface area (Å²) in [5, 5.41) is 3.29. The Kier molecular flexibility index (Phi) is 4.14. The third-order valence-electron chi connectivity index (χ3n) is 2.53. The Balaban J connectivity index is 1.73. The molecule has 0 amide bonds. The van der Waals surface area contributed by atoms with Crippen LogP contribution in [0.4, 0.5) is 5.82 Å². The largest absolute Gasteiger partial charge is 0.370 e. The van der Waals surface area contributed by atoms with E-state index in [9.17, 15) is 0 Å². The number of rotatable bonds is 5. The molecule has 0 aliphatic rings. The number of halogens is 1. The molecule has 0 saturated carbocycles. The number of nitrogens with one attached hydrogen (secondary N) is 1. The lowest BCUT2D eigenvalue weighted by Crippen LogP contribution is -2.08. The van der Waals surface area contributed by atoms with Crippen LogP contribution in [0, 0.1) is 6.92 Å². The lowest BCUT2D eigenvalue weighted by atomic mass is 10.4. The molecular formula is C12H15BrN4. The smallest absolute Gasteiger partial charge is 0.125 e. The molecule has 2 rings (SSSR count). The number of anilines is 1. The van der Waals surface area contributed by atoms with Gasteiger partial charge in [0.1, 0.15) is 11.6 Å². The van der Waals surface area contributed by atoms with Crippen LogP contribution < -0.4 is 5.32 Å². The summed E-state index contributed by atoms with van der Waals surface area (Å²) in [4.78, 5) is 8.44. The van der Waals surface area contributed by atoms with Gasteiger partial charge in [0.15, 0.2) is 0 Å². The fraction of sp³-hybridized carbons (Fsp3) is 0.333. The minimum absolute atomic E-state index is 0.909. The van der Waals surface area contributed by atoms with E-state index < -0.39 is 0 Å². The second kappa shape index (κ2) is 5.82. The van der Waals surface area contributed by atoms with E-state index >= 15 is 0 Å². The average Bonchev–Trinajstić information content (AvgIpc) is 2.73. The summed E-state index contributed by atoms with van der Waals surface area (Å²) in [7, 11) is 0. The van der Waals surface area contributed by atoms with Crippen LogP contribution >= 0.6 is 15.9 Å². The molecule has 0 saturated heterocycles. The van der Waals surface area contributed by atoms with Crippen LogP contribution in [-0.2, 0) is 6.54 Å². The summed E-state index contributed by atoms with van der Waals surface area (Å²) >= 11 is 3.36. The van der Waals surface area contributed by atoms with Gasteiger partial charge in [0, 0.05) is 36.2 Å². The second-order valence-corrected chi connectivity index (χ2v) is 4.73. The van der Waals surface area contributed by atoms with Gasteiger partial charge in [0.25, 0.3) is 0 Å². The SMILES string of the molecule is Cc1nccn1CCCNc1ccc(Br)cn1. The van der Waals surface area contributed by atoms with Crippen LogP contribution in [-0.4, -0.2) is 21.1 Å². The highest BCUT2D eigenvalue weighted by Gasteiger charge is 1.97. The van der Waals surface area contributed by atoms with E-state index in [-0.39, 0.29) is 0 Å². The van der Waals surface area contributed by atoms with E-state index in [1.54, 1.807) is 6.20 Å². The Morgan fingerprint density at radius 3 is 2.88 bits per heavy atom. The summed E-state index contributed by atoms with van der Waals surface area (Å²) in [6, 6.07) is 3.95. The number of aryl methyl sites for hydroxylation is 2. The second-order valence-electron chi connectivity index (χ2n) is 3.81. The molecule has 4 nitrogen and oxygen atoms in total. The van der Waals surface area contributed by atoms with Gasteiger partial charge in [-0.05, 0) is 41.4 Å². The van der Waals surface area contributed by atoms with Crippen LogP contribution in [0.15, 0.2) is 35.2 Å². The Bertz CT molecular complexity index is 464. The maximum absolute atomic E-state index is 4.25. The number of nitrogens with zero attached hydrogens (tertiary/aromatic N) is 3. The number of hydrogen-bond acceptors (Lipinski definition) is 3. The molecule has 2 aromatic heterocycles. The van der Waals surface area contributed by atoms with E-state index in [2.05, 4.69) is 35.8 Å². The summed E-state index contributed by atoms with van der Waals surface area (Å²) in [5.41, 5.74) is 0. The Labute approximate surface area is 109 Å². The minimum atomic E-state index is 0.909. The van der Waals surface area contributed by atoms with Crippen molar-refractivity contribution in [2.24, 2.45) is 0 Å². The first-order chi connectivity index (χ1) is 8.25. The lowest BCUT2D eigenvalue weighted by Gasteiger charge is -2.07. The van der Waals surface area contributed by atoms with E-state index in [0.717, 1.165) is 35.6 Å². The average molecular weight is 295 g/mol. The van der Waals surface area contributed by atoms with E-state index in [1.807, 2.05) is 31.5 Å². The molecule has 2 aromatic rings. The van der Waals surface area contributed by atoms with Crippen molar-refractivity contribution in [1.29, 1.82) is 0 Å². The highest BCUT2D eigenvalue weighted by atomic mass is 79.9. The van der Waals surface area contributed by atoms with Crippen LogP contribution in [0.25, 0.3) is 0 Å². The molecule has 17 heavy (non-hydrogen) atoms. The zero-order valence-corrected chi connectivity index (χ0v) is 11.3. The van der Waals surface area contributed by atoms with Gasteiger partial charge >= 0.3 is 0 Å². The first-order valence-electron chi connectivity index (χ1n) is 5.59. The van der Waals surface area contributed by atoms with E-state index in [1.165, 1.54) is 0 Å². The molecule has 1 N–H and O–H groups in total. The highest BCUT2D eigenvalue weighted by molar-refractivity contribution is 9.10. The van der Waals surface area contributed by atoms with Crippen molar-refractivity contribution in [2.75, 3.05) is 11.9 Å². The van der Waals surface area contributed by atoms with Gasteiger partial charge in [0.05, 0.1) is 0 Å². The molecule has 0 radical (unpaired) electrons. The zero-order valence-electron chi connectivity index (χ0n) is 9.73. The summed E-state index contributed by atoms with van der Waals surface area (Å²) in [6.45, 7) is 3.91. The Hall–Kier alpha value is -1.36. The molecule has 0 aromatic carbocycles. The summed E-state index contributed by atoms with van der Waals surface area (Å²) in [6.07, 6.45) is 6.68. The first kappa shape index (κ1) is 12.1. The molecule has 0 fully saturated rings. The van der Waals surface area contributed by atoms with Crippen molar-refractivity contribution in [1.82, 2.24) is 14.5 Å². The van der Waals surface area contributed by atoms with E-state index in [4.69, 9.17) is 0 Å². The Morgan fingerprint density at radius 1 is 1.35 bits per heavy atom. The number of hydrogen-bond donors (Lipinski definition) is 1. The summed E-state index contributed by atoms with van der Waals surface area (Å²) in [5.74, 6) is 1.97. The van der Waals surface area contributed by atoms with Crippen molar-refractivity contribution in [3.8, 4) is 0 Å². The fourth-order valence-corrected chi connectivity index (χ4v) is 1.82. The van der Waals surface area contributed by atoms with Crippen molar-refractivity contribution in [3.63, 3.8) is 0 Å². The van der Waals surface area contributed by atoms with Gasteiger partial charge in [-0.1, -0.05) is 0 Å². The van der Waals surface area contributed by atoms with Crippen molar-refractivity contribution < 1.29 is 0 Å². The molecule has 0 bridgehead atoms.